The number of aliphatic hydroxyl groups is 1. The normalized spacial score (nSPS) is 12.6. The van der Waals surface area contributed by atoms with Crippen LogP contribution in [0.4, 0.5) is 5.69 Å². The maximum atomic E-state index is 9.33. The Bertz CT molecular complexity index is 537. The van der Waals surface area contributed by atoms with Crippen LogP contribution in [0, 0.1) is 0 Å². The van der Waals surface area contributed by atoms with Gasteiger partial charge in [-0.05, 0) is 31.9 Å². The summed E-state index contributed by atoms with van der Waals surface area (Å²) in [4.78, 5) is 4.68. The molecule has 2 aromatic rings. The molecule has 1 aromatic heterocycles. The molecule has 1 heterocycles. The smallest absolute Gasteiger partial charge is 0.0726 e. The van der Waals surface area contributed by atoms with Gasteiger partial charge in [-0.15, -0.1) is 0 Å². The number of aromatic nitrogens is 1. The highest BCUT2D eigenvalue weighted by Crippen LogP contribution is 2.23. The van der Waals surface area contributed by atoms with E-state index >= 15 is 0 Å². The third-order valence-electron chi connectivity index (χ3n) is 3.15. The Hall–Kier alpha value is -1.61. The highest BCUT2D eigenvalue weighted by Gasteiger charge is 2.05. The first kappa shape index (κ1) is 13.8. The fourth-order valence-electron chi connectivity index (χ4n) is 2.18. The van der Waals surface area contributed by atoms with Crippen LogP contribution in [0.2, 0.25) is 0 Å². The van der Waals surface area contributed by atoms with Gasteiger partial charge in [0.25, 0.3) is 0 Å². The molecule has 2 N–H and O–H groups in total. The van der Waals surface area contributed by atoms with Crippen molar-refractivity contribution in [3.63, 3.8) is 0 Å². The lowest BCUT2D eigenvalue weighted by molar-refractivity contribution is 0.189. The van der Waals surface area contributed by atoms with E-state index in [9.17, 15) is 5.11 Å². The molecular formula is C16H22N2O. The number of anilines is 1. The Labute approximate surface area is 114 Å². The van der Waals surface area contributed by atoms with Crippen LogP contribution < -0.4 is 5.32 Å². The molecule has 1 atom stereocenters. The zero-order valence-electron chi connectivity index (χ0n) is 11.7. The van der Waals surface area contributed by atoms with Crippen molar-refractivity contribution in [2.45, 2.75) is 39.2 Å². The van der Waals surface area contributed by atoms with Crippen LogP contribution in [0.25, 0.3) is 10.9 Å². The van der Waals surface area contributed by atoms with Gasteiger partial charge in [-0.1, -0.05) is 31.5 Å². The Morgan fingerprint density at radius 3 is 2.84 bits per heavy atom. The summed E-state index contributed by atoms with van der Waals surface area (Å²) in [6, 6.07) is 10.3. The van der Waals surface area contributed by atoms with E-state index in [0.29, 0.717) is 0 Å². The second-order valence-electron chi connectivity index (χ2n) is 4.99. The van der Waals surface area contributed by atoms with E-state index in [1.54, 1.807) is 0 Å². The first-order valence-electron chi connectivity index (χ1n) is 7.01. The number of pyridine rings is 1. The summed E-state index contributed by atoms with van der Waals surface area (Å²) in [5, 5.41) is 13.9. The first-order chi connectivity index (χ1) is 9.20. The summed E-state index contributed by atoms with van der Waals surface area (Å²) < 4.78 is 0. The molecule has 0 amide bonds. The second-order valence-corrected chi connectivity index (χ2v) is 4.99. The van der Waals surface area contributed by atoms with Gasteiger partial charge in [0.15, 0.2) is 0 Å². The Morgan fingerprint density at radius 2 is 2.11 bits per heavy atom. The summed E-state index contributed by atoms with van der Waals surface area (Å²) in [5.41, 5.74) is 3.28. The van der Waals surface area contributed by atoms with Gasteiger partial charge in [0.2, 0.25) is 0 Å². The summed E-state index contributed by atoms with van der Waals surface area (Å²) in [6.45, 7) is 4.75. The first-order valence-corrected chi connectivity index (χ1v) is 7.01. The predicted octanol–water partition coefficient (Wildman–Crippen LogP) is 3.37. The van der Waals surface area contributed by atoms with Gasteiger partial charge >= 0.3 is 0 Å². The molecule has 0 radical (unpaired) electrons. The molecule has 3 heteroatoms. The van der Waals surface area contributed by atoms with Crippen molar-refractivity contribution in [3.8, 4) is 0 Å². The number of rotatable bonds is 6. The van der Waals surface area contributed by atoms with Gasteiger partial charge in [-0.2, -0.15) is 0 Å². The molecule has 1 unspecified atom stereocenters. The summed E-state index contributed by atoms with van der Waals surface area (Å²) >= 11 is 0. The van der Waals surface area contributed by atoms with Gasteiger partial charge in [0.1, 0.15) is 0 Å². The van der Waals surface area contributed by atoms with Crippen LogP contribution in [0.1, 0.15) is 32.4 Å². The minimum atomic E-state index is -0.268. The number of aryl methyl sites for hydroxylation is 1. The van der Waals surface area contributed by atoms with Gasteiger partial charge < -0.3 is 10.4 Å². The van der Waals surface area contributed by atoms with Gasteiger partial charge in [-0.3, -0.25) is 4.98 Å². The van der Waals surface area contributed by atoms with Crippen LogP contribution in [0.15, 0.2) is 30.3 Å². The molecular weight excluding hydrogens is 236 g/mol. The van der Waals surface area contributed by atoms with E-state index in [-0.39, 0.29) is 6.10 Å². The highest BCUT2D eigenvalue weighted by molar-refractivity contribution is 5.91. The molecule has 0 fully saturated rings. The van der Waals surface area contributed by atoms with Crippen LogP contribution >= 0.6 is 0 Å². The van der Waals surface area contributed by atoms with E-state index in [1.807, 2.05) is 25.1 Å². The largest absolute Gasteiger partial charge is 0.393 e. The van der Waals surface area contributed by atoms with Crippen LogP contribution in [-0.4, -0.2) is 22.7 Å². The van der Waals surface area contributed by atoms with Crippen molar-refractivity contribution in [2.75, 3.05) is 11.9 Å². The lowest BCUT2D eigenvalue weighted by Crippen LogP contribution is -2.10. The maximum absolute atomic E-state index is 9.33. The van der Waals surface area contributed by atoms with E-state index in [1.165, 1.54) is 0 Å². The molecule has 2 rings (SSSR count). The number of aliphatic hydroxyl groups excluding tert-OH is 1. The van der Waals surface area contributed by atoms with E-state index in [2.05, 4.69) is 29.4 Å². The fraction of sp³-hybridized carbons (Fsp3) is 0.438. The Balaban J connectivity index is 2.28. The van der Waals surface area contributed by atoms with Gasteiger partial charge in [-0.25, -0.2) is 0 Å². The molecule has 19 heavy (non-hydrogen) atoms. The number of hydrogen-bond donors (Lipinski definition) is 2. The number of benzene rings is 1. The summed E-state index contributed by atoms with van der Waals surface area (Å²) in [5.74, 6) is 0. The maximum Gasteiger partial charge on any atom is 0.0726 e. The van der Waals surface area contributed by atoms with E-state index in [0.717, 1.165) is 48.1 Å². The lowest BCUT2D eigenvalue weighted by atomic mass is 10.1. The van der Waals surface area contributed by atoms with Crippen molar-refractivity contribution in [3.05, 3.63) is 36.0 Å². The van der Waals surface area contributed by atoms with Gasteiger partial charge in [0.05, 0.1) is 11.6 Å². The highest BCUT2D eigenvalue weighted by atomic mass is 16.3. The number of para-hydroxylation sites is 1. The minimum Gasteiger partial charge on any atom is -0.393 e. The lowest BCUT2D eigenvalue weighted by Gasteiger charge is -2.12. The molecule has 0 saturated carbocycles. The predicted molar refractivity (Wildman–Crippen MR) is 80.5 cm³/mol. The van der Waals surface area contributed by atoms with Crippen LogP contribution in [-0.2, 0) is 6.42 Å². The SMILES string of the molecule is CCCc1cc(NCCC(C)O)c2ccccc2n1. The zero-order chi connectivity index (χ0) is 13.7. The summed E-state index contributed by atoms with van der Waals surface area (Å²) in [6.07, 6.45) is 2.57. The molecule has 0 bridgehead atoms. The Morgan fingerprint density at radius 1 is 1.32 bits per heavy atom. The molecule has 0 aliphatic heterocycles. The topological polar surface area (TPSA) is 45.1 Å². The van der Waals surface area contributed by atoms with Crippen molar-refractivity contribution >= 4 is 16.6 Å². The number of fused-ring (bicyclic) bond motifs is 1. The molecule has 1 aromatic carbocycles. The molecule has 3 nitrogen and oxygen atoms in total. The molecule has 0 aliphatic carbocycles. The van der Waals surface area contributed by atoms with Crippen molar-refractivity contribution in [2.24, 2.45) is 0 Å². The molecule has 102 valence electrons. The number of nitrogens with zero attached hydrogens (tertiary/aromatic N) is 1. The second kappa shape index (κ2) is 6.53. The number of nitrogens with one attached hydrogen (secondary N) is 1. The van der Waals surface area contributed by atoms with Crippen molar-refractivity contribution < 1.29 is 5.11 Å². The minimum absolute atomic E-state index is 0.268. The Kier molecular flexibility index (Phi) is 4.74. The van der Waals surface area contributed by atoms with Gasteiger partial charge in [0, 0.05) is 23.3 Å². The van der Waals surface area contributed by atoms with Crippen molar-refractivity contribution in [1.82, 2.24) is 4.98 Å². The average Bonchev–Trinajstić information content (AvgIpc) is 2.38. The standard InChI is InChI=1S/C16H22N2O/c1-3-6-13-11-16(17-10-9-12(2)19)14-7-4-5-8-15(14)18-13/h4-5,7-8,11-12,19H,3,6,9-10H2,1-2H3,(H,17,18). The van der Waals surface area contributed by atoms with Crippen molar-refractivity contribution in [1.29, 1.82) is 0 Å². The van der Waals surface area contributed by atoms with E-state index in [4.69, 9.17) is 0 Å². The van der Waals surface area contributed by atoms with Crippen LogP contribution in [0.3, 0.4) is 0 Å². The fourth-order valence-corrected chi connectivity index (χ4v) is 2.18. The molecule has 0 aliphatic rings. The third-order valence-corrected chi connectivity index (χ3v) is 3.15. The zero-order valence-corrected chi connectivity index (χ0v) is 11.7. The summed E-state index contributed by atoms with van der Waals surface area (Å²) in [7, 11) is 0. The third kappa shape index (κ3) is 3.67. The number of hydrogen-bond acceptors (Lipinski definition) is 3. The molecule has 0 saturated heterocycles. The van der Waals surface area contributed by atoms with Crippen LogP contribution in [0.5, 0.6) is 0 Å². The van der Waals surface area contributed by atoms with E-state index < -0.39 is 0 Å². The molecule has 0 spiro atoms. The quantitative estimate of drug-likeness (QED) is 0.835. The average molecular weight is 258 g/mol. The monoisotopic (exact) mass is 258 g/mol.